The largest absolute Gasteiger partial charge is 0.373 e. The highest BCUT2D eigenvalue weighted by molar-refractivity contribution is 7.98. The Balaban J connectivity index is 2.98. The van der Waals surface area contributed by atoms with Crippen LogP contribution in [0, 0.1) is 6.92 Å². The van der Waals surface area contributed by atoms with Gasteiger partial charge in [-0.05, 0) is 19.6 Å². The lowest BCUT2D eigenvalue weighted by Crippen LogP contribution is -2.34. The van der Waals surface area contributed by atoms with Crippen molar-refractivity contribution in [1.82, 2.24) is 9.97 Å². The van der Waals surface area contributed by atoms with Gasteiger partial charge in [0.2, 0.25) is 0 Å². The molecular formula is C12H22N4S. The zero-order valence-electron chi connectivity index (χ0n) is 11.3. The highest BCUT2D eigenvalue weighted by Gasteiger charge is 2.17. The first kappa shape index (κ1) is 14.1. The Morgan fingerprint density at radius 1 is 1.47 bits per heavy atom. The van der Waals surface area contributed by atoms with Gasteiger partial charge in [-0.2, -0.15) is 11.8 Å². The van der Waals surface area contributed by atoms with E-state index in [1.807, 2.05) is 18.8 Å². The van der Waals surface area contributed by atoms with Crippen molar-refractivity contribution in [2.75, 3.05) is 36.3 Å². The van der Waals surface area contributed by atoms with Gasteiger partial charge in [0.15, 0.2) is 0 Å². The topological polar surface area (TPSA) is 41.1 Å². The van der Waals surface area contributed by atoms with Crippen LogP contribution in [0.2, 0.25) is 0 Å². The molecule has 0 aliphatic heterocycles. The summed E-state index contributed by atoms with van der Waals surface area (Å²) in [6.07, 6.45) is 4.88. The first-order valence-corrected chi connectivity index (χ1v) is 7.26. The van der Waals surface area contributed by atoms with Crippen LogP contribution < -0.4 is 10.2 Å². The zero-order valence-corrected chi connectivity index (χ0v) is 12.1. The zero-order chi connectivity index (χ0) is 12.8. The molecule has 0 bridgehead atoms. The second kappa shape index (κ2) is 6.69. The lowest BCUT2D eigenvalue weighted by molar-refractivity contribution is 0.663. The molecule has 17 heavy (non-hydrogen) atoms. The molecule has 0 aliphatic carbocycles. The summed E-state index contributed by atoms with van der Waals surface area (Å²) in [5.41, 5.74) is 1.11. The van der Waals surface area contributed by atoms with Crippen molar-refractivity contribution in [3.05, 3.63) is 11.9 Å². The Labute approximate surface area is 108 Å². The SMILES string of the molecule is CCC(CSC)N(C)c1ncnc(NC)c1C. The molecule has 96 valence electrons. The normalized spacial score (nSPS) is 12.3. The summed E-state index contributed by atoms with van der Waals surface area (Å²) in [7, 11) is 4.00. The third-order valence-electron chi connectivity index (χ3n) is 3.01. The molecule has 5 heteroatoms. The van der Waals surface area contributed by atoms with Gasteiger partial charge in [0.25, 0.3) is 0 Å². The standard InChI is InChI=1S/C12H22N4S/c1-6-10(7-17-5)16(4)12-9(2)11(13-3)14-8-15-12/h8,10H,6-7H2,1-5H3,(H,13,14,15). The Bertz CT molecular complexity index is 356. The number of thioether (sulfide) groups is 1. The summed E-state index contributed by atoms with van der Waals surface area (Å²) < 4.78 is 0. The van der Waals surface area contributed by atoms with E-state index in [1.165, 1.54) is 0 Å². The molecule has 0 saturated carbocycles. The summed E-state index contributed by atoms with van der Waals surface area (Å²) in [4.78, 5) is 10.9. The first-order valence-electron chi connectivity index (χ1n) is 5.86. The van der Waals surface area contributed by atoms with Gasteiger partial charge in [0.05, 0.1) is 0 Å². The van der Waals surface area contributed by atoms with Crippen molar-refractivity contribution in [3.8, 4) is 0 Å². The molecule has 1 atom stereocenters. The summed E-state index contributed by atoms with van der Waals surface area (Å²) in [6.45, 7) is 4.27. The minimum Gasteiger partial charge on any atom is -0.373 e. The van der Waals surface area contributed by atoms with Crippen molar-refractivity contribution in [1.29, 1.82) is 0 Å². The predicted octanol–water partition coefficient (Wildman–Crippen LogP) is 2.40. The fourth-order valence-corrected chi connectivity index (χ4v) is 2.76. The Morgan fingerprint density at radius 2 is 2.18 bits per heavy atom. The number of hydrogen-bond donors (Lipinski definition) is 1. The maximum absolute atomic E-state index is 4.40. The van der Waals surface area contributed by atoms with Gasteiger partial charge in [0.1, 0.15) is 18.0 Å². The van der Waals surface area contributed by atoms with E-state index in [1.54, 1.807) is 6.33 Å². The van der Waals surface area contributed by atoms with Gasteiger partial charge in [-0.3, -0.25) is 0 Å². The molecule has 1 heterocycles. The maximum Gasteiger partial charge on any atom is 0.137 e. The third kappa shape index (κ3) is 3.25. The van der Waals surface area contributed by atoms with E-state index >= 15 is 0 Å². The minimum atomic E-state index is 0.517. The number of rotatable bonds is 6. The number of hydrogen-bond acceptors (Lipinski definition) is 5. The van der Waals surface area contributed by atoms with Crippen molar-refractivity contribution in [2.24, 2.45) is 0 Å². The van der Waals surface area contributed by atoms with Gasteiger partial charge >= 0.3 is 0 Å². The molecule has 0 spiro atoms. The molecule has 0 fully saturated rings. The van der Waals surface area contributed by atoms with E-state index in [9.17, 15) is 0 Å². The lowest BCUT2D eigenvalue weighted by atomic mass is 10.2. The predicted molar refractivity (Wildman–Crippen MR) is 77.2 cm³/mol. The lowest BCUT2D eigenvalue weighted by Gasteiger charge is -2.29. The van der Waals surface area contributed by atoms with Crippen LogP contribution in [0.3, 0.4) is 0 Å². The minimum absolute atomic E-state index is 0.517. The van der Waals surface area contributed by atoms with Gasteiger partial charge in [0, 0.05) is 31.5 Å². The summed E-state index contributed by atoms with van der Waals surface area (Å²) in [5.74, 6) is 3.04. The van der Waals surface area contributed by atoms with Crippen LogP contribution in [0.1, 0.15) is 18.9 Å². The van der Waals surface area contributed by atoms with Crippen LogP contribution in [0.4, 0.5) is 11.6 Å². The second-order valence-electron chi connectivity index (χ2n) is 4.05. The van der Waals surface area contributed by atoms with Crippen molar-refractivity contribution in [2.45, 2.75) is 26.3 Å². The number of nitrogens with one attached hydrogen (secondary N) is 1. The smallest absolute Gasteiger partial charge is 0.137 e. The van der Waals surface area contributed by atoms with Crippen LogP contribution in [0.25, 0.3) is 0 Å². The first-order chi connectivity index (χ1) is 8.15. The van der Waals surface area contributed by atoms with E-state index < -0.39 is 0 Å². The number of nitrogens with zero attached hydrogens (tertiary/aromatic N) is 3. The quantitative estimate of drug-likeness (QED) is 0.844. The second-order valence-corrected chi connectivity index (χ2v) is 4.96. The third-order valence-corrected chi connectivity index (χ3v) is 3.72. The molecule has 0 saturated heterocycles. The summed E-state index contributed by atoms with van der Waals surface area (Å²) in [6, 6.07) is 0.517. The van der Waals surface area contributed by atoms with Crippen LogP contribution in [-0.2, 0) is 0 Å². The monoisotopic (exact) mass is 254 g/mol. The Kier molecular flexibility index (Phi) is 5.55. The van der Waals surface area contributed by atoms with Crippen LogP contribution in [0.5, 0.6) is 0 Å². The maximum atomic E-state index is 4.40. The summed E-state index contributed by atoms with van der Waals surface area (Å²) in [5, 5.41) is 3.10. The molecule has 0 amide bonds. The number of anilines is 2. The molecule has 0 radical (unpaired) electrons. The number of aromatic nitrogens is 2. The fraction of sp³-hybridized carbons (Fsp3) is 0.667. The van der Waals surface area contributed by atoms with Crippen molar-refractivity contribution in [3.63, 3.8) is 0 Å². The molecule has 1 unspecified atom stereocenters. The van der Waals surface area contributed by atoms with E-state index in [-0.39, 0.29) is 0 Å². The highest BCUT2D eigenvalue weighted by Crippen LogP contribution is 2.24. The van der Waals surface area contributed by atoms with E-state index in [2.05, 4.69) is 47.3 Å². The molecular weight excluding hydrogens is 232 g/mol. The molecule has 0 aromatic carbocycles. The van der Waals surface area contributed by atoms with Crippen molar-refractivity contribution >= 4 is 23.4 Å². The van der Waals surface area contributed by atoms with Gasteiger partial charge < -0.3 is 10.2 Å². The van der Waals surface area contributed by atoms with Crippen LogP contribution in [-0.4, -0.2) is 42.1 Å². The average molecular weight is 254 g/mol. The highest BCUT2D eigenvalue weighted by atomic mass is 32.2. The molecule has 1 aromatic rings. The summed E-state index contributed by atoms with van der Waals surface area (Å²) >= 11 is 1.87. The molecule has 1 aromatic heterocycles. The molecule has 4 nitrogen and oxygen atoms in total. The Hall–Kier alpha value is -0.970. The molecule has 0 aliphatic rings. The van der Waals surface area contributed by atoms with Crippen molar-refractivity contribution < 1.29 is 0 Å². The average Bonchev–Trinajstić information content (AvgIpc) is 2.35. The van der Waals surface area contributed by atoms with Gasteiger partial charge in [-0.1, -0.05) is 6.92 Å². The molecule has 1 rings (SSSR count). The van der Waals surface area contributed by atoms with Crippen LogP contribution >= 0.6 is 11.8 Å². The van der Waals surface area contributed by atoms with E-state index in [4.69, 9.17) is 0 Å². The molecule has 1 N–H and O–H groups in total. The van der Waals surface area contributed by atoms with E-state index in [0.29, 0.717) is 6.04 Å². The van der Waals surface area contributed by atoms with Gasteiger partial charge in [-0.15, -0.1) is 0 Å². The fourth-order valence-electron chi connectivity index (χ4n) is 1.92. The van der Waals surface area contributed by atoms with E-state index in [0.717, 1.165) is 29.4 Å². The van der Waals surface area contributed by atoms with Crippen LogP contribution in [0.15, 0.2) is 6.33 Å². The Morgan fingerprint density at radius 3 is 2.71 bits per heavy atom. The van der Waals surface area contributed by atoms with Gasteiger partial charge in [-0.25, -0.2) is 9.97 Å².